The Labute approximate surface area is 175 Å². The average molecular weight is 481 g/mol. The van der Waals surface area contributed by atoms with Crippen molar-refractivity contribution in [1.29, 1.82) is 0 Å². The fourth-order valence-electron chi connectivity index (χ4n) is 3.23. The molecule has 0 aromatic heterocycles. The highest BCUT2D eigenvalue weighted by molar-refractivity contribution is 9.10. The van der Waals surface area contributed by atoms with Gasteiger partial charge in [-0.25, -0.2) is 13.2 Å². The molecule has 0 bridgehead atoms. The van der Waals surface area contributed by atoms with Crippen molar-refractivity contribution in [2.45, 2.75) is 12.5 Å². The van der Waals surface area contributed by atoms with Crippen LogP contribution in [0.15, 0.2) is 53.0 Å². The molecule has 29 heavy (non-hydrogen) atoms. The number of hydrogen-bond donors (Lipinski definition) is 1. The second-order valence-corrected chi connectivity index (χ2v) is 9.26. The van der Waals surface area contributed by atoms with Crippen molar-refractivity contribution in [3.63, 3.8) is 0 Å². The molecule has 0 saturated heterocycles. The molecule has 0 saturated carbocycles. The Kier molecular flexibility index (Phi) is 5.76. The van der Waals surface area contributed by atoms with Gasteiger partial charge in [0.2, 0.25) is 10.0 Å². The second kappa shape index (κ2) is 7.96. The average Bonchev–Trinajstić information content (AvgIpc) is 2.90. The summed E-state index contributed by atoms with van der Waals surface area (Å²) in [4.78, 5) is 37.8. The number of carboxylic acids is 1. The third-order valence-electron chi connectivity index (χ3n) is 4.51. The fourth-order valence-corrected chi connectivity index (χ4v) is 4.65. The molecule has 0 aliphatic carbocycles. The number of sulfonamides is 1. The van der Waals surface area contributed by atoms with Gasteiger partial charge in [-0.3, -0.25) is 18.8 Å². The number of aliphatic carboxylic acids is 1. The van der Waals surface area contributed by atoms with Crippen molar-refractivity contribution in [2.75, 3.05) is 17.1 Å². The second-order valence-electron chi connectivity index (χ2n) is 6.49. The lowest BCUT2D eigenvalue weighted by Crippen LogP contribution is -2.47. The molecule has 3 rings (SSSR count). The van der Waals surface area contributed by atoms with Gasteiger partial charge < -0.3 is 5.11 Å². The molecule has 1 unspecified atom stereocenters. The Morgan fingerprint density at radius 1 is 1.07 bits per heavy atom. The molecule has 152 valence electrons. The highest BCUT2D eigenvalue weighted by atomic mass is 79.9. The molecule has 0 radical (unpaired) electrons. The molecule has 1 heterocycles. The van der Waals surface area contributed by atoms with E-state index >= 15 is 0 Å². The summed E-state index contributed by atoms with van der Waals surface area (Å²) >= 11 is 3.25. The maximum atomic E-state index is 12.5. The summed E-state index contributed by atoms with van der Waals surface area (Å²) in [5.74, 6) is -2.43. The highest BCUT2D eigenvalue weighted by Gasteiger charge is 2.38. The van der Waals surface area contributed by atoms with E-state index in [1.807, 2.05) is 0 Å². The topological polar surface area (TPSA) is 112 Å². The molecule has 2 aromatic rings. The minimum atomic E-state index is -3.95. The summed E-state index contributed by atoms with van der Waals surface area (Å²) in [6.07, 6.45) is 0.650. The van der Waals surface area contributed by atoms with Gasteiger partial charge in [-0.2, -0.15) is 0 Å². The number of nitrogens with zero attached hydrogens (tertiary/aromatic N) is 2. The van der Waals surface area contributed by atoms with E-state index in [-0.39, 0.29) is 29.8 Å². The smallest absolute Gasteiger partial charge is 0.327 e. The van der Waals surface area contributed by atoms with E-state index in [1.165, 1.54) is 24.3 Å². The molecular formula is C19H17BrN2O6S. The summed E-state index contributed by atoms with van der Waals surface area (Å²) in [5.41, 5.74) is 0.667. The minimum absolute atomic E-state index is 0.172. The van der Waals surface area contributed by atoms with Gasteiger partial charge >= 0.3 is 5.97 Å². The first-order valence-electron chi connectivity index (χ1n) is 8.54. The molecule has 1 N–H and O–H groups in total. The summed E-state index contributed by atoms with van der Waals surface area (Å²) in [7, 11) is -3.95. The zero-order chi connectivity index (χ0) is 21.3. The molecule has 1 aliphatic heterocycles. The van der Waals surface area contributed by atoms with Crippen LogP contribution in [0.3, 0.4) is 0 Å². The third-order valence-corrected chi connectivity index (χ3v) is 6.22. The van der Waals surface area contributed by atoms with E-state index in [4.69, 9.17) is 0 Å². The number of hydrogen-bond acceptors (Lipinski definition) is 5. The Bertz CT molecular complexity index is 1050. The molecule has 1 atom stereocenters. The van der Waals surface area contributed by atoms with Crippen molar-refractivity contribution < 1.29 is 27.9 Å². The number of imide groups is 1. The van der Waals surface area contributed by atoms with Crippen molar-refractivity contribution in [2.24, 2.45) is 0 Å². The van der Waals surface area contributed by atoms with Gasteiger partial charge in [0.1, 0.15) is 6.04 Å². The number of rotatable bonds is 7. The van der Waals surface area contributed by atoms with E-state index in [0.717, 1.165) is 15.5 Å². The molecule has 2 aromatic carbocycles. The number of amides is 2. The standard InChI is InChI=1S/C19H17BrN2O6S/c1-29(27,28)22(13-8-6-12(20)7-9-13)16(19(25)26)10-11-21-17(23)14-4-2-3-5-15(14)18(21)24/h2-9,16H,10-11H2,1H3,(H,25,26). The maximum absolute atomic E-state index is 12.5. The number of carbonyl (C=O) groups excluding carboxylic acids is 2. The van der Waals surface area contributed by atoms with Crippen molar-refractivity contribution in [1.82, 2.24) is 4.90 Å². The number of halogens is 1. The van der Waals surface area contributed by atoms with Crippen LogP contribution >= 0.6 is 15.9 Å². The Morgan fingerprint density at radius 2 is 1.59 bits per heavy atom. The Balaban J connectivity index is 1.88. The Morgan fingerprint density at radius 3 is 2.03 bits per heavy atom. The molecule has 2 amide bonds. The predicted octanol–water partition coefficient (Wildman–Crippen LogP) is 2.35. The van der Waals surface area contributed by atoms with Gasteiger partial charge in [-0.15, -0.1) is 0 Å². The predicted molar refractivity (Wildman–Crippen MR) is 109 cm³/mol. The van der Waals surface area contributed by atoms with E-state index in [1.54, 1.807) is 24.3 Å². The van der Waals surface area contributed by atoms with Crippen LogP contribution in [0, 0.1) is 0 Å². The Hall–Kier alpha value is -2.72. The molecule has 1 aliphatic rings. The van der Waals surface area contributed by atoms with Crippen LogP contribution in [0.25, 0.3) is 0 Å². The van der Waals surface area contributed by atoms with E-state index in [0.29, 0.717) is 4.47 Å². The first-order valence-corrected chi connectivity index (χ1v) is 11.2. The monoisotopic (exact) mass is 480 g/mol. The fraction of sp³-hybridized carbons (Fsp3) is 0.211. The van der Waals surface area contributed by atoms with Crippen molar-refractivity contribution in [3.8, 4) is 0 Å². The van der Waals surface area contributed by atoms with E-state index in [2.05, 4.69) is 15.9 Å². The first-order chi connectivity index (χ1) is 13.6. The van der Waals surface area contributed by atoms with Gasteiger partial charge in [-0.1, -0.05) is 28.1 Å². The molecular weight excluding hydrogens is 464 g/mol. The molecule has 0 fully saturated rings. The number of carbonyl (C=O) groups is 3. The summed E-state index contributed by atoms with van der Waals surface area (Å²) in [5, 5.41) is 9.70. The van der Waals surface area contributed by atoms with Gasteiger partial charge in [-0.05, 0) is 42.8 Å². The van der Waals surface area contributed by atoms with Crippen LogP contribution in [-0.4, -0.2) is 55.1 Å². The maximum Gasteiger partial charge on any atom is 0.327 e. The lowest BCUT2D eigenvalue weighted by molar-refractivity contribution is -0.138. The number of benzene rings is 2. The number of fused-ring (bicyclic) bond motifs is 1. The molecule has 8 nitrogen and oxygen atoms in total. The van der Waals surface area contributed by atoms with E-state index in [9.17, 15) is 27.9 Å². The molecule has 10 heteroatoms. The number of carboxylic acid groups (broad SMARTS) is 1. The van der Waals surface area contributed by atoms with Crippen LogP contribution in [-0.2, 0) is 14.8 Å². The van der Waals surface area contributed by atoms with Gasteiger partial charge in [0, 0.05) is 11.0 Å². The van der Waals surface area contributed by atoms with E-state index < -0.39 is 33.8 Å². The number of anilines is 1. The zero-order valence-corrected chi connectivity index (χ0v) is 17.7. The van der Waals surface area contributed by atoms with Crippen LogP contribution in [0.5, 0.6) is 0 Å². The largest absolute Gasteiger partial charge is 0.480 e. The van der Waals surface area contributed by atoms with Crippen LogP contribution in [0.1, 0.15) is 27.1 Å². The highest BCUT2D eigenvalue weighted by Crippen LogP contribution is 2.27. The van der Waals surface area contributed by atoms with Crippen molar-refractivity contribution >= 4 is 49.4 Å². The molecule has 0 spiro atoms. The van der Waals surface area contributed by atoms with Gasteiger partial charge in [0.15, 0.2) is 0 Å². The normalized spacial score (nSPS) is 14.6. The lowest BCUT2D eigenvalue weighted by atomic mass is 10.1. The van der Waals surface area contributed by atoms with Gasteiger partial charge in [0.25, 0.3) is 11.8 Å². The summed E-state index contributed by atoms with van der Waals surface area (Å²) in [6, 6.07) is 11.0. The van der Waals surface area contributed by atoms with Crippen LogP contribution in [0.2, 0.25) is 0 Å². The lowest BCUT2D eigenvalue weighted by Gasteiger charge is -2.29. The minimum Gasteiger partial charge on any atom is -0.480 e. The zero-order valence-electron chi connectivity index (χ0n) is 15.3. The van der Waals surface area contributed by atoms with Crippen LogP contribution < -0.4 is 4.31 Å². The summed E-state index contributed by atoms with van der Waals surface area (Å²) in [6.45, 7) is -0.230. The SMILES string of the molecule is CS(=O)(=O)N(c1ccc(Br)cc1)C(CCN1C(=O)c2ccccc2C1=O)C(=O)O. The summed E-state index contributed by atoms with van der Waals surface area (Å²) < 4.78 is 26.2. The first kappa shape index (κ1) is 21.0. The van der Waals surface area contributed by atoms with Crippen LogP contribution in [0.4, 0.5) is 5.69 Å². The van der Waals surface area contributed by atoms with Gasteiger partial charge in [0.05, 0.1) is 23.1 Å². The third kappa shape index (κ3) is 4.18. The quantitative estimate of drug-likeness (QED) is 0.608. The van der Waals surface area contributed by atoms with Crippen molar-refractivity contribution in [3.05, 3.63) is 64.1 Å².